The van der Waals surface area contributed by atoms with Crippen molar-refractivity contribution in [3.8, 4) is 11.4 Å². The summed E-state index contributed by atoms with van der Waals surface area (Å²) in [4.78, 5) is 36.6. The number of imidazole rings is 1. The number of rotatable bonds is 5. The molecule has 2 aromatic heterocycles. The lowest BCUT2D eigenvalue weighted by Gasteiger charge is -2.14. The number of halogens is 1. The van der Waals surface area contributed by atoms with Gasteiger partial charge in [-0.3, -0.25) is 9.78 Å². The number of pyridine rings is 1. The minimum absolute atomic E-state index is 0.307. The van der Waals surface area contributed by atoms with Crippen molar-refractivity contribution in [3.05, 3.63) is 77.6 Å². The molecule has 4 aromatic rings. The maximum absolute atomic E-state index is 12.5. The molecule has 0 saturated heterocycles. The van der Waals surface area contributed by atoms with Gasteiger partial charge in [-0.2, -0.15) is 0 Å². The van der Waals surface area contributed by atoms with Crippen LogP contribution in [0.2, 0.25) is 5.02 Å². The minimum Gasteiger partial charge on any atom is -0.449 e. The van der Waals surface area contributed by atoms with Gasteiger partial charge in [0.05, 0.1) is 27.3 Å². The highest BCUT2D eigenvalue weighted by Gasteiger charge is 2.20. The van der Waals surface area contributed by atoms with Crippen LogP contribution in [0, 0.1) is 0 Å². The number of ether oxygens (including phenoxy) is 1. The van der Waals surface area contributed by atoms with Crippen LogP contribution in [0.5, 0.6) is 0 Å². The lowest BCUT2D eigenvalue weighted by Crippen LogP contribution is -2.30. The van der Waals surface area contributed by atoms with Crippen molar-refractivity contribution in [2.24, 2.45) is 0 Å². The first-order valence-corrected chi connectivity index (χ1v) is 9.55. The zero-order valence-corrected chi connectivity index (χ0v) is 16.7. The van der Waals surface area contributed by atoms with Gasteiger partial charge in [-0.15, -0.1) is 0 Å². The molecule has 0 radical (unpaired) electrons. The number of para-hydroxylation sites is 1. The number of anilines is 1. The summed E-state index contributed by atoms with van der Waals surface area (Å²) in [5, 5.41) is 3.05. The Hall–Kier alpha value is -3.71. The largest absolute Gasteiger partial charge is 0.449 e. The van der Waals surface area contributed by atoms with E-state index < -0.39 is 18.0 Å². The Labute approximate surface area is 177 Å². The Morgan fingerprint density at radius 3 is 2.73 bits per heavy atom. The molecule has 0 aliphatic rings. The van der Waals surface area contributed by atoms with Gasteiger partial charge in [-0.05, 0) is 49.4 Å². The number of carbonyl (C=O) groups is 2. The number of hydrogen-bond donors (Lipinski definition) is 2. The number of nitrogens with one attached hydrogen (secondary N) is 2. The van der Waals surface area contributed by atoms with E-state index in [0.29, 0.717) is 33.1 Å². The van der Waals surface area contributed by atoms with Gasteiger partial charge in [0.1, 0.15) is 5.82 Å². The van der Waals surface area contributed by atoms with Crippen LogP contribution in [0.3, 0.4) is 0 Å². The molecule has 0 fully saturated rings. The molecule has 8 heteroatoms. The van der Waals surface area contributed by atoms with Crippen molar-refractivity contribution in [2.75, 3.05) is 5.32 Å². The Morgan fingerprint density at radius 2 is 1.97 bits per heavy atom. The summed E-state index contributed by atoms with van der Waals surface area (Å²) in [5.74, 6) is -0.440. The SMILES string of the molecule is CC(OC(=O)c1ccc2nc(-c3cccnc3)[nH]c2c1)C(=O)Nc1ccccc1Cl. The van der Waals surface area contributed by atoms with Gasteiger partial charge >= 0.3 is 5.97 Å². The van der Waals surface area contributed by atoms with Crippen molar-refractivity contribution in [1.82, 2.24) is 15.0 Å². The van der Waals surface area contributed by atoms with Crippen LogP contribution in [-0.2, 0) is 9.53 Å². The first-order valence-electron chi connectivity index (χ1n) is 9.18. The monoisotopic (exact) mass is 420 g/mol. The van der Waals surface area contributed by atoms with E-state index in [1.165, 1.54) is 6.92 Å². The molecule has 150 valence electrons. The maximum atomic E-state index is 12.5. The maximum Gasteiger partial charge on any atom is 0.338 e. The zero-order valence-electron chi connectivity index (χ0n) is 15.9. The summed E-state index contributed by atoms with van der Waals surface area (Å²) >= 11 is 6.04. The van der Waals surface area contributed by atoms with E-state index in [2.05, 4.69) is 20.3 Å². The van der Waals surface area contributed by atoms with Crippen molar-refractivity contribution in [3.63, 3.8) is 0 Å². The molecule has 2 heterocycles. The highest BCUT2D eigenvalue weighted by molar-refractivity contribution is 6.33. The predicted molar refractivity (Wildman–Crippen MR) is 114 cm³/mol. The number of aromatic nitrogens is 3. The third kappa shape index (κ3) is 4.16. The Bertz CT molecular complexity index is 1220. The molecule has 2 aromatic carbocycles. The molecule has 30 heavy (non-hydrogen) atoms. The predicted octanol–water partition coefficient (Wildman–Crippen LogP) is 4.46. The number of aromatic amines is 1. The number of fused-ring (bicyclic) bond motifs is 1. The van der Waals surface area contributed by atoms with Gasteiger partial charge in [-0.1, -0.05) is 23.7 Å². The standard InChI is InChI=1S/C22H17ClN4O3/c1-13(21(28)27-17-7-3-2-6-16(17)23)30-22(29)14-8-9-18-19(11-14)26-20(25-18)15-5-4-10-24-12-15/h2-13H,1H3,(H,25,26)(H,27,28). The van der Waals surface area contributed by atoms with Crippen LogP contribution in [0.15, 0.2) is 67.0 Å². The number of carbonyl (C=O) groups excluding carboxylic acids is 2. The van der Waals surface area contributed by atoms with E-state index in [1.54, 1.807) is 54.9 Å². The van der Waals surface area contributed by atoms with E-state index in [9.17, 15) is 9.59 Å². The van der Waals surface area contributed by atoms with E-state index in [0.717, 1.165) is 5.56 Å². The van der Waals surface area contributed by atoms with Crippen LogP contribution < -0.4 is 5.32 Å². The van der Waals surface area contributed by atoms with Crippen LogP contribution in [0.25, 0.3) is 22.4 Å². The second-order valence-corrected chi connectivity index (χ2v) is 6.98. The summed E-state index contributed by atoms with van der Waals surface area (Å²) in [6, 6.07) is 15.5. The molecule has 1 amide bonds. The number of amides is 1. The van der Waals surface area contributed by atoms with Crippen molar-refractivity contribution < 1.29 is 14.3 Å². The summed E-state index contributed by atoms with van der Waals surface area (Å²) < 4.78 is 5.31. The average molecular weight is 421 g/mol. The molecule has 0 aliphatic carbocycles. The molecule has 2 N–H and O–H groups in total. The van der Waals surface area contributed by atoms with E-state index in [1.807, 2.05) is 12.1 Å². The normalized spacial score (nSPS) is 11.8. The van der Waals surface area contributed by atoms with Crippen LogP contribution in [0.1, 0.15) is 17.3 Å². The topological polar surface area (TPSA) is 97.0 Å². The van der Waals surface area contributed by atoms with E-state index in [-0.39, 0.29) is 0 Å². The summed E-state index contributed by atoms with van der Waals surface area (Å²) in [6.07, 6.45) is 2.38. The molecule has 0 bridgehead atoms. The van der Waals surface area contributed by atoms with Crippen LogP contribution >= 0.6 is 11.6 Å². The zero-order chi connectivity index (χ0) is 21.1. The third-order valence-electron chi connectivity index (χ3n) is 4.44. The highest BCUT2D eigenvalue weighted by Crippen LogP contribution is 2.22. The number of esters is 1. The number of nitrogens with zero attached hydrogens (tertiary/aromatic N) is 2. The Morgan fingerprint density at radius 1 is 1.13 bits per heavy atom. The van der Waals surface area contributed by atoms with Gasteiger partial charge in [0.2, 0.25) is 0 Å². The van der Waals surface area contributed by atoms with Gasteiger partial charge in [0, 0.05) is 18.0 Å². The molecule has 0 spiro atoms. The molecular weight excluding hydrogens is 404 g/mol. The molecule has 1 atom stereocenters. The van der Waals surface area contributed by atoms with Gasteiger partial charge in [0.25, 0.3) is 5.91 Å². The van der Waals surface area contributed by atoms with Gasteiger partial charge in [-0.25, -0.2) is 9.78 Å². The quantitative estimate of drug-likeness (QED) is 0.464. The van der Waals surface area contributed by atoms with E-state index in [4.69, 9.17) is 16.3 Å². The summed E-state index contributed by atoms with van der Waals surface area (Å²) in [6.45, 7) is 1.50. The van der Waals surface area contributed by atoms with Crippen molar-refractivity contribution in [1.29, 1.82) is 0 Å². The highest BCUT2D eigenvalue weighted by atomic mass is 35.5. The summed E-state index contributed by atoms with van der Waals surface area (Å²) in [7, 11) is 0. The smallest absolute Gasteiger partial charge is 0.338 e. The fraction of sp³-hybridized carbons (Fsp3) is 0.0909. The number of hydrogen-bond acceptors (Lipinski definition) is 5. The molecular formula is C22H17ClN4O3. The van der Waals surface area contributed by atoms with Gasteiger partial charge < -0.3 is 15.0 Å². The lowest BCUT2D eigenvalue weighted by atomic mass is 10.2. The number of H-pyrrole nitrogens is 1. The molecule has 1 unspecified atom stereocenters. The molecule has 4 rings (SSSR count). The fourth-order valence-corrected chi connectivity index (χ4v) is 3.04. The second kappa shape index (κ2) is 8.34. The van der Waals surface area contributed by atoms with Crippen LogP contribution in [-0.4, -0.2) is 32.9 Å². The Balaban J connectivity index is 1.47. The number of benzene rings is 2. The molecule has 0 aliphatic heterocycles. The van der Waals surface area contributed by atoms with Crippen molar-refractivity contribution in [2.45, 2.75) is 13.0 Å². The lowest BCUT2D eigenvalue weighted by molar-refractivity contribution is -0.123. The van der Waals surface area contributed by atoms with Gasteiger partial charge in [0.15, 0.2) is 6.10 Å². The van der Waals surface area contributed by atoms with Crippen LogP contribution in [0.4, 0.5) is 5.69 Å². The van der Waals surface area contributed by atoms with E-state index >= 15 is 0 Å². The second-order valence-electron chi connectivity index (χ2n) is 6.58. The molecule has 0 saturated carbocycles. The minimum atomic E-state index is -1.00. The first kappa shape index (κ1) is 19.6. The first-order chi connectivity index (χ1) is 14.5. The average Bonchev–Trinajstić information content (AvgIpc) is 3.19. The molecule has 7 nitrogen and oxygen atoms in total. The summed E-state index contributed by atoms with van der Waals surface area (Å²) in [5.41, 5.74) is 2.98. The van der Waals surface area contributed by atoms with Crippen molar-refractivity contribution >= 4 is 40.2 Å². The fourth-order valence-electron chi connectivity index (χ4n) is 2.86. The Kier molecular flexibility index (Phi) is 5.45. The third-order valence-corrected chi connectivity index (χ3v) is 4.77.